The summed E-state index contributed by atoms with van der Waals surface area (Å²) in [6.07, 6.45) is 8.31. The Balaban J connectivity index is 1.76. The van der Waals surface area contributed by atoms with Gasteiger partial charge in [0.1, 0.15) is 6.10 Å². The number of rotatable bonds is 3. The van der Waals surface area contributed by atoms with E-state index in [1.807, 2.05) is 6.92 Å². The number of hydrogen-bond acceptors (Lipinski definition) is 2. The Bertz CT molecular complexity index is 232. The first-order valence-corrected chi connectivity index (χ1v) is 5.17. The van der Waals surface area contributed by atoms with Crippen molar-refractivity contribution in [1.29, 1.82) is 0 Å². The summed E-state index contributed by atoms with van der Waals surface area (Å²) in [5.41, 5.74) is 0. The van der Waals surface area contributed by atoms with Gasteiger partial charge in [0.25, 0.3) is 0 Å². The maximum atomic E-state index is 11.2. The molecule has 2 aliphatic carbocycles. The summed E-state index contributed by atoms with van der Waals surface area (Å²) in [5, 5.41) is 0. The second-order valence-electron chi connectivity index (χ2n) is 4.01. The molecule has 0 aliphatic heterocycles. The minimum Gasteiger partial charge on any atom is -0.462 e. The lowest BCUT2D eigenvalue weighted by molar-refractivity contribution is -0.160. The Kier molecular flexibility index (Phi) is 2.38. The number of ether oxygens (including phenoxy) is 1. The van der Waals surface area contributed by atoms with E-state index in [2.05, 4.69) is 12.2 Å². The summed E-state index contributed by atoms with van der Waals surface area (Å²) < 4.78 is 5.36. The molecule has 2 rings (SSSR count). The number of esters is 1. The summed E-state index contributed by atoms with van der Waals surface area (Å²) in [6.45, 7) is 2.00. The van der Waals surface area contributed by atoms with Gasteiger partial charge in [-0.05, 0) is 25.2 Å². The fourth-order valence-electron chi connectivity index (χ4n) is 2.22. The highest BCUT2D eigenvalue weighted by atomic mass is 16.5. The summed E-state index contributed by atoms with van der Waals surface area (Å²) in [4.78, 5) is 11.2. The fraction of sp³-hybridized carbons (Fsp3) is 0.727. The Morgan fingerprint density at radius 2 is 2.46 bits per heavy atom. The lowest BCUT2D eigenvalue weighted by atomic mass is 9.73. The van der Waals surface area contributed by atoms with Crippen LogP contribution in [0.2, 0.25) is 0 Å². The van der Waals surface area contributed by atoms with Crippen LogP contribution in [0.3, 0.4) is 0 Å². The van der Waals surface area contributed by atoms with Crippen molar-refractivity contribution in [2.45, 2.75) is 38.7 Å². The average molecular weight is 180 g/mol. The largest absolute Gasteiger partial charge is 0.462 e. The van der Waals surface area contributed by atoms with Gasteiger partial charge in [-0.3, -0.25) is 4.79 Å². The topological polar surface area (TPSA) is 26.3 Å². The average Bonchev–Trinajstić information content (AvgIpc) is 2.43. The Hall–Kier alpha value is -0.790. The first-order valence-electron chi connectivity index (χ1n) is 5.17. The third-order valence-corrected chi connectivity index (χ3v) is 3.06. The lowest BCUT2D eigenvalue weighted by Crippen LogP contribution is -2.41. The zero-order chi connectivity index (χ0) is 9.26. The molecule has 2 heteroatoms. The van der Waals surface area contributed by atoms with Crippen LogP contribution < -0.4 is 0 Å². The van der Waals surface area contributed by atoms with Gasteiger partial charge < -0.3 is 4.74 Å². The number of fused-ring (bicyclic) bond motifs is 1. The van der Waals surface area contributed by atoms with Crippen molar-refractivity contribution in [1.82, 2.24) is 0 Å². The van der Waals surface area contributed by atoms with E-state index in [4.69, 9.17) is 4.74 Å². The molecule has 0 radical (unpaired) electrons. The van der Waals surface area contributed by atoms with Crippen LogP contribution >= 0.6 is 0 Å². The molecule has 0 heterocycles. The van der Waals surface area contributed by atoms with Crippen molar-refractivity contribution in [3.8, 4) is 0 Å². The predicted octanol–water partition coefficient (Wildman–Crippen LogP) is 2.29. The van der Waals surface area contributed by atoms with Crippen LogP contribution in [0.5, 0.6) is 0 Å². The van der Waals surface area contributed by atoms with E-state index in [1.165, 1.54) is 0 Å². The smallest absolute Gasteiger partial charge is 0.306 e. The van der Waals surface area contributed by atoms with Gasteiger partial charge in [-0.1, -0.05) is 19.1 Å². The minimum atomic E-state index is -0.0159. The van der Waals surface area contributed by atoms with E-state index in [-0.39, 0.29) is 12.1 Å². The maximum Gasteiger partial charge on any atom is 0.306 e. The second-order valence-corrected chi connectivity index (χ2v) is 4.01. The first kappa shape index (κ1) is 8.79. The Morgan fingerprint density at radius 3 is 3.15 bits per heavy atom. The molecule has 0 unspecified atom stereocenters. The number of carbonyl (C=O) groups is 1. The van der Waals surface area contributed by atoms with E-state index in [9.17, 15) is 4.79 Å². The van der Waals surface area contributed by atoms with Gasteiger partial charge in [0.2, 0.25) is 0 Å². The summed E-state index contributed by atoms with van der Waals surface area (Å²) in [6, 6.07) is 0. The van der Waals surface area contributed by atoms with Crippen LogP contribution in [0.1, 0.15) is 32.6 Å². The zero-order valence-electron chi connectivity index (χ0n) is 8.03. The Labute approximate surface area is 79.0 Å². The van der Waals surface area contributed by atoms with Gasteiger partial charge in [0, 0.05) is 12.3 Å². The number of carbonyl (C=O) groups excluding carboxylic acids is 1. The van der Waals surface area contributed by atoms with Crippen molar-refractivity contribution >= 4 is 5.97 Å². The van der Waals surface area contributed by atoms with Crippen LogP contribution in [-0.2, 0) is 9.53 Å². The third kappa shape index (κ3) is 1.62. The van der Waals surface area contributed by atoms with Crippen LogP contribution in [0.4, 0.5) is 0 Å². The van der Waals surface area contributed by atoms with E-state index in [1.54, 1.807) is 0 Å². The minimum absolute atomic E-state index is 0.0159. The summed E-state index contributed by atoms with van der Waals surface area (Å²) in [7, 11) is 0. The SMILES string of the molecule is CCCC(=O)O[C@H]1C[C@@H]2C=CC[C@H]12. The normalized spacial score (nSPS) is 35.3. The van der Waals surface area contributed by atoms with E-state index < -0.39 is 0 Å². The van der Waals surface area contributed by atoms with E-state index in [0.29, 0.717) is 18.3 Å². The monoisotopic (exact) mass is 180 g/mol. The van der Waals surface area contributed by atoms with Crippen LogP contribution in [-0.4, -0.2) is 12.1 Å². The van der Waals surface area contributed by atoms with Crippen LogP contribution in [0.15, 0.2) is 12.2 Å². The quantitative estimate of drug-likeness (QED) is 0.492. The van der Waals surface area contributed by atoms with Gasteiger partial charge in [0.05, 0.1) is 0 Å². The molecule has 0 N–H and O–H groups in total. The third-order valence-electron chi connectivity index (χ3n) is 3.06. The molecule has 0 aromatic rings. The molecule has 1 saturated carbocycles. The molecule has 0 bridgehead atoms. The lowest BCUT2D eigenvalue weighted by Gasteiger charge is -2.39. The molecule has 2 nitrogen and oxygen atoms in total. The van der Waals surface area contributed by atoms with Crippen molar-refractivity contribution in [2.24, 2.45) is 11.8 Å². The van der Waals surface area contributed by atoms with Crippen molar-refractivity contribution in [3.63, 3.8) is 0 Å². The Morgan fingerprint density at radius 1 is 1.62 bits per heavy atom. The van der Waals surface area contributed by atoms with Crippen LogP contribution in [0, 0.1) is 11.8 Å². The van der Waals surface area contributed by atoms with Crippen molar-refractivity contribution < 1.29 is 9.53 Å². The highest BCUT2D eigenvalue weighted by Crippen LogP contribution is 2.44. The summed E-state index contributed by atoms with van der Waals surface area (Å²) >= 11 is 0. The highest BCUT2D eigenvalue weighted by Gasteiger charge is 2.43. The standard InChI is InChI=1S/C11H16O2/c1-2-4-11(12)13-10-7-8-5-3-6-9(8)10/h3,5,8-10H,2,4,6-7H2,1H3/t8-,9-,10-/m0/s1. The number of allylic oxidation sites excluding steroid dienone is 2. The van der Waals surface area contributed by atoms with E-state index >= 15 is 0 Å². The van der Waals surface area contributed by atoms with Crippen LogP contribution in [0.25, 0.3) is 0 Å². The van der Waals surface area contributed by atoms with Gasteiger partial charge in [0.15, 0.2) is 0 Å². The zero-order valence-corrected chi connectivity index (χ0v) is 8.03. The van der Waals surface area contributed by atoms with Gasteiger partial charge in [-0.2, -0.15) is 0 Å². The maximum absolute atomic E-state index is 11.2. The first-order chi connectivity index (χ1) is 6.31. The molecule has 0 spiro atoms. The van der Waals surface area contributed by atoms with Crippen molar-refractivity contribution in [2.75, 3.05) is 0 Å². The molecule has 0 saturated heterocycles. The fourth-order valence-corrected chi connectivity index (χ4v) is 2.22. The number of hydrogen-bond donors (Lipinski definition) is 0. The molecule has 13 heavy (non-hydrogen) atoms. The summed E-state index contributed by atoms with van der Waals surface area (Å²) in [5.74, 6) is 1.30. The molecular formula is C11H16O2. The molecule has 3 atom stereocenters. The van der Waals surface area contributed by atoms with E-state index in [0.717, 1.165) is 19.3 Å². The van der Waals surface area contributed by atoms with Crippen molar-refractivity contribution in [3.05, 3.63) is 12.2 Å². The van der Waals surface area contributed by atoms with Gasteiger partial charge in [-0.15, -0.1) is 0 Å². The second kappa shape index (κ2) is 3.52. The molecular weight excluding hydrogens is 164 g/mol. The molecule has 1 fully saturated rings. The molecule has 0 aromatic heterocycles. The molecule has 0 amide bonds. The predicted molar refractivity (Wildman–Crippen MR) is 50.1 cm³/mol. The molecule has 72 valence electrons. The van der Waals surface area contributed by atoms with Gasteiger partial charge in [-0.25, -0.2) is 0 Å². The highest BCUT2D eigenvalue weighted by molar-refractivity contribution is 5.69. The molecule has 2 aliphatic rings. The molecule has 0 aromatic carbocycles. The van der Waals surface area contributed by atoms with Gasteiger partial charge >= 0.3 is 5.97 Å².